The maximum atomic E-state index is 12.4. The van der Waals surface area contributed by atoms with Crippen molar-refractivity contribution in [2.75, 3.05) is 31.2 Å². The molecule has 2 amide bonds. The number of carbonyl (C=O) groups is 2. The van der Waals surface area contributed by atoms with Gasteiger partial charge in [0, 0.05) is 31.3 Å². The number of imide groups is 1. The normalized spacial score (nSPS) is 22.3. The van der Waals surface area contributed by atoms with Gasteiger partial charge in [0.2, 0.25) is 0 Å². The van der Waals surface area contributed by atoms with Gasteiger partial charge in [-0.05, 0) is 31.2 Å². The Balaban J connectivity index is 1.76. The molecule has 2 fully saturated rings. The number of hydrogen-bond acceptors (Lipinski definition) is 6. The number of carbonyl (C=O) groups excluding carboxylic acids is 2. The molecule has 2 aliphatic rings. The van der Waals surface area contributed by atoms with Gasteiger partial charge >= 0.3 is 0 Å². The minimum Gasteiger partial charge on any atom is -0.441 e. The summed E-state index contributed by atoms with van der Waals surface area (Å²) in [5.74, 6) is 1.11. The molecule has 0 radical (unpaired) electrons. The van der Waals surface area contributed by atoms with E-state index in [-0.39, 0.29) is 17.2 Å². The second kappa shape index (κ2) is 6.80. The number of amides is 2. The SMILES string of the molecule is CC[C@@H](C)N1C(=O)S/C(=C\c2ccc(N3CCOCC3)o2)C1=O. The molecule has 2 saturated heterocycles. The largest absolute Gasteiger partial charge is 0.441 e. The molecule has 3 rings (SSSR count). The lowest BCUT2D eigenvalue weighted by Gasteiger charge is -2.26. The summed E-state index contributed by atoms with van der Waals surface area (Å²) in [6.07, 6.45) is 2.39. The molecule has 3 heterocycles. The molecule has 0 saturated carbocycles. The van der Waals surface area contributed by atoms with Crippen molar-refractivity contribution >= 4 is 34.9 Å². The molecule has 0 aromatic carbocycles. The second-order valence-corrected chi connectivity index (χ2v) is 6.58. The topological polar surface area (TPSA) is 63.0 Å². The van der Waals surface area contributed by atoms with Crippen molar-refractivity contribution in [1.82, 2.24) is 4.90 Å². The number of anilines is 1. The molecule has 0 bridgehead atoms. The highest BCUT2D eigenvalue weighted by atomic mass is 32.2. The number of furan rings is 1. The van der Waals surface area contributed by atoms with Crippen LogP contribution in [-0.2, 0) is 9.53 Å². The van der Waals surface area contributed by atoms with Crippen LogP contribution < -0.4 is 4.90 Å². The maximum Gasteiger partial charge on any atom is 0.293 e. The van der Waals surface area contributed by atoms with E-state index in [9.17, 15) is 9.59 Å². The molecular weight excluding hydrogens is 316 g/mol. The lowest BCUT2D eigenvalue weighted by molar-refractivity contribution is -0.124. The average molecular weight is 336 g/mol. The summed E-state index contributed by atoms with van der Waals surface area (Å²) in [6.45, 7) is 6.78. The van der Waals surface area contributed by atoms with Crippen LogP contribution in [0.4, 0.5) is 10.7 Å². The van der Waals surface area contributed by atoms with Gasteiger partial charge < -0.3 is 14.1 Å². The van der Waals surface area contributed by atoms with Crippen molar-refractivity contribution in [3.8, 4) is 0 Å². The molecule has 1 atom stereocenters. The van der Waals surface area contributed by atoms with E-state index in [2.05, 4.69) is 4.90 Å². The first kappa shape index (κ1) is 16.1. The summed E-state index contributed by atoms with van der Waals surface area (Å²) in [5, 5.41) is -0.212. The Labute approximate surface area is 139 Å². The Kier molecular flexibility index (Phi) is 4.77. The van der Waals surface area contributed by atoms with Crippen LogP contribution in [0.25, 0.3) is 6.08 Å². The average Bonchev–Trinajstić information content (AvgIpc) is 3.13. The van der Waals surface area contributed by atoms with Crippen molar-refractivity contribution in [3.63, 3.8) is 0 Å². The summed E-state index contributed by atoms with van der Waals surface area (Å²) >= 11 is 0.970. The fraction of sp³-hybridized carbons (Fsp3) is 0.500. The summed E-state index contributed by atoms with van der Waals surface area (Å²) < 4.78 is 11.1. The highest BCUT2D eigenvalue weighted by Crippen LogP contribution is 2.34. The summed E-state index contributed by atoms with van der Waals surface area (Å²) in [5.41, 5.74) is 0. The number of hydrogen-bond donors (Lipinski definition) is 0. The highest BCUT2D eigenvalue weighted by Gasteiger charge is 2.37. The molecule has 0 spiro atoms. The molecule has 7 heteroatoms. The monoisotopic (exact) mass is 336 g/mol. The van der Waals surface area contributed by atoms with E-state index in [1.54, 1.807) is 6.08 Å². The van der Waals surface area contributed by atoms with Crippen molar-refractivity contribution < 1.29 is 18.7 Å². The molecule has 2 aliphatic heterocycles. The van der Waals surface area contributed by atoms with E-state index < -0.39 is 0 Å². The molecule has 0 unspecified atom stereocenters. The fourth-order valence-electron chi connectivity index (χ4n) is 2.55. The predicted molar refractivity (Wildman–Crippen MR) is 89.3 cm³/mol. The van der Waals surface area contributed by atoms with Crippen LogP contribution >= 0.6 is 11.8 Å². The van der Waals surface area contributed by atoms with E-state index in [1.807, 2.05) is 26.0 Å². The third-order valence-electron chi connectivity index (χ3n) is 4.06. The number of morpholine rings is 1. The van der Waals surface area contributed by atoms with Crippen molar-refractivity contribution in [3.05, 3.63) is 22.8 Å². The van der Waals surface area contributed by atoms with Gasteiger partial charge in [-0.3, -0.25) is 14.5 Å². The molecule has 1 aromatic heterocycles. The van der Waals surface area contributed by atoms with Crippen LogP contribution in [-0.4, -0.2) is 48.4 Å². The van der Waals surface area contributed by atoms with Gasteiger partial charge in [0.1, 0.15) is 5.76 Å². The quantitative estimate of drug-likeness (QED) is 0.788. The van der Waals surface area contributed by atoms with Gasteiger partial charge in [-0.25, -0.2) is 0 Å². The zero-order valence-electron chi connectivity index (χ0n) is 13.3. The van der Waals surface area contributed by atoms with Gasteiger partial charge in [-0.2, -0.15) is 0 Å². The van der Waals surface area contributed by atoms with E-state index in [4.69, 9.17) is 9.15 Å². The third kappa shape index (κ3) is 3.30. The first-order valence-corrected chi connectivity index (χ1v) is 8.61. The van der Waals surface area contributed by atoms with Gasteiger partial charge in [-0.15, -0.1) is 0 Å². The first-order valence-electron chi connectivity index (χ1n) is 7.79. The minimum atomic E-state index is -0.237. The van der Waals surface area contributed by atoms with Crippen LogP contribution in [0.1, 0.15) is 26.0 Å². The van der Waals surface area contributed by atoms with Crippen molar-refractivity contribution in [2.45, 2.75) is 26.3 Å². The van der Waals surface area contributed by atoms with Crippen LogP contribution in [0.5, 0.6) is 0 Å². The van der Waals surface area contributed by atoms with Gasteiger partial charge in [0.15, 0.2) is 5.88 Å². The Morgan fingerprint density at radius 2 is 2.04 bits per heavy atom. The lowest BCUT2D eigenvalue weighted by Crippen LogP contribution is -2.36. The molecule has 1 aromatic rings. The second-order valence-electron chi connectivity index (χ2n) is 5.58. The third-order valence-corrected chi connectivity index (χ3v) is 4.95. The number of ether oxygens (including phenoxy) is 1. The van der Waals surface area contributed by atoms with Crippen LogP contribution in [0.2, 0.25) is 0 Å². The maximum absolute atomic E-state index is 12.4. The molecular formula is C16H20N2O4S. The Morgan fingerprint density at radius 1 is 1.30 bits per heavy atom. The van der Waals surface area contributed by atoms with E-state index in [0.29, 0.717) is 23.9 Å². The Morgan fingerprint density at radius 3 is 2.74 bits per heavy atom. The van der Waals surface area contributed by atoms with Gasteiger partial charge in [0.25, 0.3) is 11.1 Å². The first-order chi connectivity index (χ1) is 11.1. The number of nitrogens with zero attached hydrogens (tertiary/aromatic N) is 2. The molecule has 23 heavy (non-hydrogen) atoms. The van der Waals surface area contributed by atoms with Crippen LogP contribution in [0, 0.1) is 0 Å². The van der Waals surface area contributed by atoms with Crippen molar-refractivity contribution in [2.24, 2.45) is 0 Å². The number of rotatable bonds is 4. The van der Waals surface area contributed by atoms with Crippen LogP contribution in [0.15, 0.2) is 21.5 Å². The summed E-state index contributed by atoms with van der Waals surface area (Å²) in [4.78, 5) is 28.2. The number of thioether (sulfide) groups is 1. The van der Waals surface area contributed by atoms with Crippen molar-refractivity contribution in [1.29, 1.82) is 0 Å². The zero-order chi connectivity index (χ0) is 16.4. The lowest BCUT2D eigenvalue weighted by atomic mass is 10.2. The Hall–Kier alpha value is -1.73. The van der Waals surface area contributed by atoms with Crippen LogP contribution in [0.3, 0.4) is 0 Å². The van der Waals surface area contributed by atoms with Gasteiger partial charge in [0.05, 0.1) is 18.1 Å². The Bertz CT molecular complexity index is 634. The minimum absolute atomic E-state index is 0.0890. The zero-order valence-corrected chi connectivity index (χ0v) is 14.1. The summed E-state index contributed by atoms with van der Waals surface area (Å²) in [6, 6.07) is 3.62. The van der Waals surface area contributed by atoms with E-state index >= 15 is 0 Å². The predicted octanol–water partition coefficient (Wildman–Crippen LogP) is 2.95. The molecule has 6 nitrogen and oxygen atoms in total. The molecule has 0 aliphatic carbocycles. The fourth-order valence-corrected chi connectivity index (χ4v) is 3.46. The van der Waals surface area contributed by atoms with E-state index in [0.717, 1.165) is 37.2 Å². The summed E-state index contributed by atoms with van der Waals surface area (Å²) in [7, 11) is 0. The highest BCUT2D eigenvalue weighted by molar-refractivity contribution is 8.18. The molecule has 124 valence electrons. The van der Waals surface area contributed by atoms with E-state index in [1.165, 1.54) is 4.90 Å². The molecule has 0 N–H and O–H groups in total. The van der Waals surface area contributed by atoms with Gasteiger partial charge in [-0.1, -0.05) is 6.92 Å². The standard InChI is InChI=1S/C16H20N2O4S/c1-3-11(2)18-15(19)13(23-16(18)20)10-12-4-5-14(22-12)17-6-8-21-9-7-17/h4-5,10-11H,3,6-9H2,1-2H3/b13-10-/t11-/m1/s1. The smallest absolute Gasteiger partial charge is 0.293 e.